The Morgan fingerprint density at radius 2 is 2.14 bits per heavy atom. The van der Waals surface area contributed by atoms with Gasteiger partial charge in [0.1, 0.15) is 5.82 Å². The van der Waals surface area contributed by atoms with E-state index in [0.717, 1.165) is 11.1 Å². The first kappa shape index (κ1) is 14.8. The summed E-state index contributed by atoms with van der Waals surface area (Å²) in [5.74, 6) is 6.06. The fourth-order valence-corrected chi connectivity index (χ4v) is 1.90. The van der Waals surface area contributed by atoms with Gasteiger partial charge in [-0.2, -0.15) is 0 Å². The summed E-state index contributed by atoms with van der Waals surface area (Å²) in [5.41, 5.74) is 8.55. The molecule has 0 spiro atoms. The Morgan fingerprint density at radius 3 is 2.86 bits per heavy atom. The molecule has 1 aromatic heterocycles. The molecule has 0 radical (unpaired) electrons. The summed E-state index contributed by atoms with van der Waals surface area (Å²) < 4.78 is 0. The smallest absolute Gasteiger partial charge is 0.258 e. The van der Waals surface area contributed by atoms with E-state index in [1.165, 1.54) is 0 Å². The van der Waals surface area contributed by atoms with Gasteiger partial charge >= 0.3 is 0 Å². The molecule has 21 heavy (non-hydrogen) atoms. The molecule has 1 amide bonds. The summed E-state index contributed by atoms with van der Waals surface area (Å²) in [6.45, 7) is 4.11. The fraction of sp³-hybridized carbons (Fsp3) is 0.176. The number of carbonyl (C=O) groups is 1. The normalized spacial score (nSPS) is 9.67. The second-order valence-corrected chi connectivity index (χ2v) is 4.68. The third-order valence-corrected chi connectivity index (χ3v) is 2.99. The minimum absolute atomic E-state index is 0.224. The topological polar surface area (TPSA) is 68.0 Å². The van der Waals surface area contributed by atoms with E-state index in [1.54, 1.807) is 12.3 Å². The standard InChI is InChI=1S/C17H17N3O/c1-12-7-8-15(14(11-12)6-3-9-18)17(21)20-16-13(2)5-4-10-19-16/h4-5,7-8,10-11H,9,18H2,1-2H3,(H,19,20,21). The van der Waals surface area contributed by atoms with Gasteiger partial charge in [-0.1, -0.05) is 24.0 Å². The maximum Gasteiger partial charge on any atom is 0.258 e. The fourth-order valence-electron chi connectivity index (χ4n) is 1.90. The highest BCUT2D eigenvalue weighted by Crippen LogP contribution is 2.15. The molecule has 106 valence electrons. The highest BCUT2D eigenvalue weighted by atomic mass is 16.1. The van der Waals surface area contributed by atoms with Gasteiger partial charge in [0.25, 0.3) is 5.91 Å². The van der Waals surface area contributed by atoms with Crippen molar-refractivity contribution in [2.45, 2.75) is 13.8 Å². The Hall–Kier alpha value is -2.64. The van der Waals surface area contributed by atoms with Crippen molar-refractivity contribution in [3.05, 3.63) is 58.8 Å². The van der Waals surface area contributed by atoms with E-state index >= 15 is 0 Å². The quantitative estimate of drug-likeness (QED) is 0.829. The molecule has 0 aliphatic heterocycles. The van der Waals surface area contributed by atoms with Crippen LogP contribution in [0.25, 0.3) is 0 Å². The molecular weight excluding hydrogens is 262 g/mol. The van der Waals surface area contributed by atoms with E-state index in [-0.39, 0.29) is 12.5 Å². The number of aryl methyl sites for hydroxylation is 2. The summed E-state index contributed by atoms with van der Waals surface area (Å²) in [4.78, 5) is 16.6. The molecule has 0 aliphatic carbocycles. The molecule has 3 N–H and O–H groups in total. The van der Waals surface area contributed by atoms with E-state index in [1.807, 2.05) is 38.1 Å². The molecule has 0 bridgehead atoms. The van der Waals surface area contributed by atoms with E-state index < -0.39 is 0 Å². The zero-order valence-electron chi connectivity index (χ0n) is 12.1. The molecule has 4 heteroatoms. The van der Waals surface area contributed by atoms with Crippen LogP contribution in [0.15, 0.2) is 36.5 Å². The molecule has 1 heterocycles. The van der Waals surface area contributed by atoms with Gasteiger partial charge in [0.15, 0.2) is 0 Å². The Kier molecular flexibility index (Phi) is 4.70. The summed E-state index contributed by atoms with van der Waals surface area (Å²) in [5, 5.41) is 2.81. The zero-order valence-corrected chi connectivity index (χ0v) is 12.1. The van der Waals surface area contributed by atoms with Gasteiger partial charge in [-0.25, -0.2) is 4.98 Å². The largest absolute Gasteiger partial charge is 0.320 e. The molecule has 0 saturated heterocycles. The van der Waals surface area contributed by atoms with Crippen molar-refractivity contribution in [1.82, 2.24) is 4.98 Å². The van der Waals surface area contributed by atoms with Crippen molar-refractivity contribution in [3.8, 4) is 11.8 Å². The SMILES string of the molecule is Cc1ccc(C(=O)Nc2ncccc2C)c(C#CCN)c1. The Bertz CT molecular complexity index is 726. The van der Waals surface area contributed by atoms with E-state index in [0.29, 0.717) is 16.9 Å². The lowest BCUT2D eigenvalue weighted by Gasteiger charge is -2.09. The van der Waals surface area contributed by atoms with Crippen LogP contribution >= 0.6 is 0 Å². The lowest BCUT2D eigenvalue weighted by molar-refractivity contribution is 0.102. The number of hydrogen-bond acceptors (Lipinski definition) is 3. The van der Waals surface area contributed by atoms with Crippen molar-refractivity contribution in [2.24, 2.45) is 5.73 Å². The predicted octanol–water partition coefficient (Wildman–Crippen LogP) is 2.26. The maximum absolute atomic E-state index is 12.4. The first-order valence-electron chi connectivity index (χ1n) is 6.64. The second-order valence-electron chi connectivity index (χ2n) is 4.68. The lowest BCUT2D eigenvalue weighted by Crippen LogP contribution is -2.15. The molecule has 1 aromatic carbocycles. The number of aromatic nitrogens is 1. The van der Waals surface area contributed by atoms with Gasteiger partial charge < -0.3 is 11.1 Å². The van der Waals surface area contributed by atoms with Crippen molar-refractivity contribution in [2.75, 3.05) is 11.9 Å². The minimum Gasteiger partial charge on any atom is -0.320 e. The Morgan fingerprint density at radius 1 is 1.33 bits per heavy atom. The minimum atomic E-state index is -0.224. The van der Waals surface area contributed by atoms with Gasteiger partial charge in [-0.3, -0.25) is 4.79 Å². The summed E-state index contributed by atoms with van der Waals surface area (Å²) in [6.07, 6.45) is 1.65. The molecule has 0 unspecified atom stereocenters. The van der Waals surface area contributed by atoms with E-state index in [4.69, 9.17) is 5.73 Å². The van der Waals surface area contributed by atoms with Crippen LogP contribution in [0.4, 0.5) is 5.82 Å². The van der Waals surface area contributed by atoms with Crippen LogP contribution in [-0.2, 0) is 0 Å². The van der Waals surface area contributed by atoms with Gasteiger partial charge in [-0.15, -0.1) is 0 Å². The number of rotatable bonds is 2. The van der Waals surface area contributed by atoms with Crippen LogP contribution in [0.5, 0.6) is 0 Å². The monoisotopic (exact) mass is 279 g/mol. The molecule has 0 fully saturated rings. The van der Waals surface area contributed by atoms with E-state index in [9.17, 15) is 4.79 Å². The van der Waals surface area contributed by atoms with Crippen molar-refractivity contribution >= 4 is 11.7 Å². The number of hydrogen-bond donors (Lipinski definition) is 2. The number of nitrogens with two attached hydrogens (primary N) is 1. The maximum atomic E-state index is 12.4. The molecular formula is C17H17N3O. The van der Waals surface area contributed by atoms with Crippen molar-refractivity contribution in [1.29, 1.82) is 0 Å². The van der Waals surface area contributed by atoms with Gasteiger partial charge in [0.2, 0.25) is 0 Å². The van der Waals surface area contributed by atoms with Crippen molar-refractivity contribution in [3.63, 3.8) is 0 Å². The number of pyridine rings is 1. The first-order valence-corrected chi connectivity index (χ1v) is 6.64. The number of benzene rings is 1. The van der Waals surface area contributed by atoms with Gasteiger partial charge in [0, 0.05) is 11.8 Å². The molecule has 0 saturated carbocycles. The summed E-state index contributed by atoms with van der Waals surface area (Å²) in [6, 6.07) is 9.25. The van der Waals surface area contributed by atoms with Crippen LogP contribution in [0.2, 0.25) is 0 Å². The number of anilines is 1. The summed E-state index contributed by atoms with van der Waals surface area (Å²) in [7, 11) is 0. The average Bonchev–Trinajstić information content (AvgIpc) is 2.47. The molecule has 2 rings (SSSR count). The molecule has 4 nitrogen and oxygen atoms in total. The summed E-state index contributed by atoms with van der Waals surface area (Å²) >= 11 is 0. The number of nitrogens with one attached hydrogen (secondary N) is 1. The van der Waals surface area contributed by atoms with Crippen LogP contribution in [0, 0.1) is 25.7 Å². The zero-order chi connectivity index (χ0) is 15.2. The Labute approximate surface area is 124 Å². The number of carbonyl (C=O) groups excluding carboxylic acids is 1. The molecule has 0 atom stereocenters. The van der Waals surface area contributed by atoms with Crippen LogP contribution in [0.1, 0.15) is 27.0 Å². The Balaban J connectivity index is 2.33. The van der Waals surface area contributed by atoms with Crippen LogP contribution in [0.3, 0.4) is 0 Å². The second kappa shape index (κ2) is 6.69. The number of nitrogens with zero attached hydrogens (tertiary/aromatic N) is 1. The van der Waals surface area contributed by atoms with Crippen molar-refractivity contribution < 1.29 is 4.79 Å². The van der Waals surface area contributed by atoms with Crippen LogP contribution < -0.4 is 11.1 Å². The van der Waals surface area contributed by atoms with Gasteiger partial charge in [-0.05, 0) is 43.2 Å². The lowest BCUT2D eigenvalue weighted by atomic mass is 10.0. The average molecular weight is 279 g/mol. The van der Waals surface area contributed by atoms with E-state index in [2.05, 4.69) is 22.1 Å². The van der Waals surface area contributed by atoms with Crippen LogP contribution in [-0.4, -0.2) is 17.4 Å². The highest BCUT2D eigenvalue weighted by molar-refractivity contribution is 6.05. The third-order valence-electron chi connectivity index (χ3n) is 2.99. The number of amides is 1. The first-order chi connectivity index (χ1) is 10.1. The molecule has 2 aromatic rings. The van der Waals surface area contributed by atoms with Gasteiger partial charge in [0.05, 0.1) is 12.1 Å². The molecule has 0 aliphatic rings. The highest BCUT2D eigenvalue weighted by Gasteiger charge is 2.12. The predicted molar refractivity (Wildman–Crippen MR) is 84.0 cm³/mol. The third kappa shape index (κ3) is 3.68.